The van der Waals surface area contributed by atoms with Crippen LogP contribution in [0.5, 0.6) is 0 Å². The van der Waals surface area contributed by atoms with E-state index in [9.17, 15) is 9.90 Å². The molecule has 1 aliphatic carbocycles. The molecule has 1 atom stereocenters. The lowest BCUT2D eigenvalue weighted by Gasteiger charge is -2.36. The number of rotatable bonds is 5. The molecule has 3 N–H and O–H groups in total. The smallest absolute Gasteiger partial charge is 0.234 e. The minimum Gasteiger partial charge on any atom is -0.396 e. The van der Waals surface area contributed by atoms with Crippen molar-refractivity contribution in [3.63, 3.8) is 0 Å². The van der Waals surface area contributed by atoms with Crippen LogP contribution in [0.3, 0.4) is 0 Å². The molecule has 1 aliphatic rings. The third-order valence-electron chi connectivity index (χ3n) is 4.81. The number of aliphatic hydroxyl groups excluding tert-OH is 1. The van der Waals surface area contributed by atoms with Gasteiger partial charge in [0.1, 0.15) is 5.92 Å². The molecule has 0 aliphatic heterocycles. The van der Waals surface area contributed by atoms with E-state index in [4.69, 9.17) is 15.4 Å². The largest absolute Gasteiger partial charge is 0.396 e. The zero-order valence-corrected chi connectivity index (χ0v) is 15.2. The van der Waals surface area contributed by atoms with Crippen molar-refractivity contribution in [1.29, 1.82) is 0 Å². The van der Waals surface area contributed by atoms with Crippen LogP contribution in [0.25, 0.3) is 0 Å². The van der Waals surface area contributed by atoms with Gasteiger partial charge in [0.05, 0.1) is 16.9 Å². The van der Waals surface area contributed by atoms with Crippen LogP contribution in [0.1, 0.15) is 68.3 Å². The molecule has 0 saturated heterocycles. The molecule has 7 nitrogen and oxygen atoms in total. The predicted molar refractivity (Wildman–Crippen MR) is 92.1 cm³/mol. The molecular formula is C18H26N4O3. The van der Waals surface area contributed by atoms with Crippen molar-refractivity contribution in [3.8, 4) is 0 Å². The van der Waals surface area contributed by atoms with Gasteiger partial charge in [0.25, 0.3) is 0 Å². The molecule has 2 aromatic heterocycles. The van der Waals surface area contributed by atoms with Crippen molar-refractivity contribution in [3.05, 3.63) is 35.0 Å². The van der Waals surface area contributed by atoms with Gasteiger partial charge in [0.15, 0.2) is 5.76 Å². The van der Waals surface area contributed by atoms with E-state index in [1.54, 1.807) is 13.0 Å². The molecule has 0 radical (unpaired) electrons. The van der Waals surface area contributed by atoms with Crippen molar-refractivity contribution in [1.82, 2.24) is 14.9 Å². The quantitative estimate of drug-likeness (QED) is 0.861. The number of primary amides is 1. The van der Waals surface area contributed by atoms with E-state index < -0.39 is 11.8 Å². The summed E-state index contributed by atoms with van der Waals surface area (Å²) >= 11 is 0. The number of aliphatic hydroxyl groups is 1. The maximum atomic E-state index is 12.1. The van der Waals surface area contributed by atoms with Gasteiger partial charge in [0.2, 0.25) is 5.91 Å². The standard InChI is InChI=1S/C18H26N4O3/c1-10-5-15(25-21-10)16(17(19)24)13-8-14(12-6-11(7-12)9-23)22(20-13)18(2,3)4/h5,8,11-12,16,23H,6-7,9H2,1-4H3,(H2,19,24). The average molecular weight is 346 g/mol. The summed E-state index contributed by atoms with van der Waals surface area (Å²) < 4.78 is 7.25. The number of amides is 1. The van der Waals surface area contributed by atoms with E-state index in [2.05, 4.69) is 25.9 Å². The fourth-order valence-corrected chi connectivity index (χ4v) is 3.46. The first kappa shape index (κ1) is 17.7. The monoisotopic (exact) mass is 346 g/mol. The number of aryl methyl sites for hydroxylation is 1. The van der Waals surface area contributed by atoms with Crippen LogP contribution < -0.4 is 5.73 Å². The Kier molecular flexibility index (Phi) is 4.45. The van der Waals surface area contributed by atoms with Crippen LogP contribution in [0.4, 0.5) is 0 Å². The first-order valence-electron chi connectivity index (χ1n) is 8.64. The first-order valence-corrected chi connectivity index (χ1v) is 8.64. The second-order valence-electron chi connectivity index (χ2n) is 8.00. The molecule has 1 fully saturated rings. The Hall–Kier alpha value is -2.15. The van der Waals surface area contributed by atoms with Gasteiger partial charge in [-0.25, -0.2) is 0 Å². The van der Waals surface area contributed by atoms with E-state index in [0.29, 0.717) is 29.0 Å². The number of hydrogen-bond acceptors (Lipinski definition) is 5. The van der Waals surface area contributed by atoms with Crippen LogP contribution in [-0.4, -0.2) is 32.6 Å². The van der Waals surface area contributed by atoms with Gasteiger partial charge < -0.3 is 15.4 Å². The normalized spacial score (nSPS) is 21.8. The van der Waals surface area contributed by atoms with Crippen LogP contribution in [0.15, 0.2) is 16.7 Å². The highest BCUT2D eigenvalue weighted by atomic mass is 16.5. The molecule has 1 amide bonds. The molecule has 25 heavy (non-hydrogen) atoms. The second-order valence-corrected chi connectivity index (χ2v) is 8.00. The molecule has 7 heteroatoms. The molecule has 136 valence electrons. The van der Waals surface area contributed by atoms with Gasteiger partial charge in [0, 0.05) is 24.3 Å². The molecule has 2 aromatic rings. The van der Waals surface area contributed by atoms with Crippen molar-refractivity contribution in [2.24, 2.45) is 11.7 Å². The second kappa shape index (κ2) is 6.29. The summed E-state index contributed by atoms with van der Waals surface area (Å²) in [4.78, 5) is 12.1. The third-order valence-corrected chi connectivity index (χ3v) is 4.81. The van der Waals surface area contributed by atoms with Crippen molar-refractivity contribution in [2.45, 2.75) is 57.9 Å². The molecule has 0 spiro atoms. The number of carbonyl (C=O) groups is 1. The Morgan fingerprint density at radius 3 is 2.60 bits per heavy atom. The zero-order valence-electron chi connectivity index (χ0n) is 15.2. The van der Waals surface area contributed by atoms with Crippen molar-refractivity contribution in [2.75, 3.05) is 6.61 Å². The number of hydrogen-bond donors (Lipinski definition) is 2. The van der Waals surface area contributed by atoms with E-state index in [1.807, 2.05) is 10.7 Å². The first-order chi connectivity index (χ1) is 11.7. The molecule has 0 bridgehead atoms. The minimum absolute atomic E-state index is 0.217. The summed E-state index contributed by atoms with van der Waals surface area (Å²) in [6, 6.07) is 3.67. The topological polar surface area (TPSA) is 107 Å². The Labute approximate surface area is 147 Å². The Morgan fingerprint density at radius 2 is 2.12 bits per heavy atom. The highest BCUT2D eigenvalue weighted by Gasteiger charge is 2.37. The van der Waals surface area contributed by atoms with E-state index >= 15 is 0 Å². The average Bonchev–Trinajstić information content (AvgIpc) is 3.05. The Balaban J connectivity index is 2.01. The van der Waals surface area contributed by atoms with Gasteiger partial charge >= 0.3 is 0 Å². The predicted octanol–water partition coefficient (Wildman–Crippen LogP) is 2.04. The lowest BCUT2D eigenvalue weighted by molar-refractivity contribution is -0.119. The van der Waals surface area contributed by atoms with Crippen LogP contribution in [0, 0.1) is 12.8 Å². The summed E-state index contributed by atoms with van der Waals surface area (Å²) in [7, 11) is 0. The third kappa shape index (κ3) is 3.33. The molecule has 1 unspecified atom stereocenters. The van der Waals surface area contributed by atoms with Gasteiger partial charge in [-0.2, -0.15) is 5.10 Å². The molecule has 1 saturated carbocycles. The molecule has 3 rings (SSSR count). The molecule has 0 aromatic carbocycles. The number of nitrogens with zero attached hydrogens (tertiary/aromatic N) is 3. The van der Waals surface area contributed by atoms with Gasteiger partial charge in [-0.05, 0) is 52.5 Å². The maximum absolute atomic E-state index is 12.1. The SMILES string of the molecule is Cc1cc(C(C(N)=O)c2cc(C3CC(CO)C3)n(C(C)(C)C)n2)on1. The lowest BCUT2D eigenvalue weighted by atomic mass is 9.73. The van der Waals surface area contributed by atoms with Crippen molar-refractivity contribution >= 4 is 5.91 Å². The molecular weight excluding hydrogens is 320 g/mol. The Morgan fingerprint density at radius 1 is 1.44 bits per heavy atom. The highest BCUT2D eigenvalue weighted by molar-refractivity contribution is 5.84. The van der Waals surface area contributed by atoms with Gasteiger partial charge in [-0.15, -0.1) is 0 Å². The Bertz CT molecular complexity index is 766. The van der Waals surface area contributed by atoms with E-state index in [-0.39, 0.29) is 12.1 Å². The summed E-state index contributed by atoms with van der Waals surface area (Å²) in [5, 5.41) is 17.9. The fourth-order valence-electron chi connectivity index (χ4n) is 3.46. The van der Waals surface area contributed by atoms with E-state index in [1.165, 1.54) is 0 Å². The van der Waals surface area contributed by atoms with Crippen LogP contribution >= 0.6 is 0 Å². The van der Waals surface area contributed by atoms with Crippen LogP contribution in [0.2, 0.25) is 0 Å². The summed E-state index contributed by atoms with van der Waals surface area (Å²) in [5.74, 6) is -0.166. The maximum Gasteiger partial charge on any atom is 0.234 e. The fraction of sp³-hybridized carbons (Fsp3) is 0.611. The van der Waals surface area contributed by atoms with Gasteiger partial charge in [-0.1, -0.05) is 5.16 Å². The summed E-state index contributed by atoms with van der Waals surface area (Å²) in [6.45, 7) is 8.25. The molecule has 2 heterocycles. The minimum atomic E-state index is -0.753. The zero-order chi connectivity index (χ0) is 18.4. The number of carbonyl (C=O) groups excluding carboxylic acids is 1. The summed E-state index contributed by atoms with van der Waals surface area (Å²) in [5.41, 5.74) is 7.77. The van der Waals surface area contributed by atoms with E-state index in [0.717, 1.165) is 18.5 Å². The number of nitrogens with two attached hydrogens (primary N) is 1. The lowest BCUT2D eigenvalue weighted by Crippen LogP contribution is -2.32. The van der Waals surface area contributed by atoms with Gasteiger partial charge in [-0.3, -0.25) is 9.48 Å². The summed E-state index contributed by atoms with van der Waals surface area (Å²) in [6.07, 6.45) is 1.86. The number of aromatic nitrogens is 3. The van der Waals surface area contributed by atoms with Crippen LogP contribution in [-0.2, 0) is 10.3 Å². The highest BCUT2D eigenvalue weighted by Crippen LogP contribution is 2.43. The van der Waals surface area contributed by atoms with Crippen molar-refractivity contribution < 1.29 is 14.4 Å².